The molecule has 1 heterocycles. The Bertz CT molecular complexity index is 680. The van der Waals surface area contributed by atoms with E-state index in [4.69, 9.17) is 4.74 Å². The maximum atomic E-state index is 12.0. The summed E-state index contributed by atoms with van der Waals surface area (Å²) in [5, 5.41) is 2.78. The van der Waals surface area contributed by atoms with Crippen LogP contribution in [0.15, 0.2) is 47.7 Å². The topological polar surface area (TPSA) is 73.2 Å². The quantitative estimate of drug-likeness (QED) is 0.755. The number of hydrogen-bond acceptors (Lipinski definition) is 4. The molecule has 0 bridgehead atoms. The molecule has 0 aliphatic rings. The zero-order chi connectivity index (χ0) is 16.5. The predicted octanol–water partition coefficient (Wildman–Crippen LogP) is 1.85. The molecule has 23 heavy (non-hydrogen) atoms. The number of nitrogens with zero attached hydrogens (tertiary/aromatic N) is 2. The standard InChI is InChI=1S/C17H21N3O3/c1-2-3-12-23-15-6-4-14(5-7-15)17(22)19-10-11-20-13-18-9-8-16(20)21/h4-9,13H,2-3,10-12H2,1H3,(H,19,22). The number of aromatic nitrogens is 2. The first-order valence-corrected chi connectivity index (χ1v) is 7.72. The van der Waals surface area contributed by atoms with Gasteiger partial charge in [-0.25, -0.2) is 4.98 Å². The largest absolute Gasteiger partial charge is 0.494 e. The summed E-state index contributed by atoms with van der Waals surface area (Å²) in [4.78, 5) is 27.4. The lowest BCUT2D eigenvalue weighted by molar-refractivity contribution is 0.0952. The van der Waals surface area contributed by atoms with E-state index in [0.717, 1.165) is 18.6 Å². The monoisotopic (exact) mass is 315 g/mol. The van der Waals surface area contributed by atoms with Crippen molar-refractivity contribution >= 4 is 5.91 Å². The highest BCUT2D eigenvalue weighted by Gasteiger charge is 2.05. The van der Waals surface area contributed by atoms with E-state index in [2.05, 4.69) is 17.2 Å². The van der Waals surface area contributed by atoms with E-state index in [-0.39, 0.29) is 11.5 Å². The van der Waals surface area contributed by atoms with Crippen molar-refractivity contribution < 1.29 is 9.53 Å². The molecule has 1 aromatic carbocycles. The minimum atomic E-state index is -0.179. The van der Waals surface area contributed by atoms with Crippen molar-refractivity contribution in [1.29, 1.82) is 0 Å². The van der Waals surface area contributed by atoms with Gasteiger partial charge in [0.15, 0.2) is 0 Å². The van der Waals surface area contributed by atoms with Gasteiger partial charge in [-0.1, -0.05) is 13.3 Å². The van der Waals surface area contributed by atoms with Gasteiger partial charge in [0.1, 0.15) is 5.75 Å². The number of hydrogen-bond donors (Lipinski definition) is 1. The lowest BCUT2D eigenvalue weighted by Gasteiger charge is -2.08. The molecule has 6 nitrogen and oxygen atoms in total. The van der Waals surface area contributed by atoms with Crippen molar-refractivity contribution in [1.82, 2.24) is 14.9 Å². The molecule has 1 aromatic heterocycles. The number of benzene rings is 1. The lowest BCUT2D eigenvalue weighted by Crippen LogP contribution is -2.30. The van der Waals surface area contributed by atoms with Crippen LogP contribution in [-0.2, 0) is 6.54 Å². The first-order valence-electron chi connectivity index (χ1n) is 7.72. The second-order valence-corrected chi connectivity index (χ2v) is 5.09. The molecule has 0 saturated heterocycles. The summed E-state index contributed by atoms with van der Waals surface area (Å²) in [6.07, 6.45) is 4.99. The van der Waals surface area contributed by atoms with Gasteiger partial charge in [0.25, 0.3) is 11.5 Å². The number of carbonyl (C=O) groups is 1. The molecule has 0 atom stereocenters. The van der Waals surface area contributed by atoms with Crippen molar-refractivity contribution in [2.24, 2.45) is 0 Å². The van der Waals surface area contributed by atoms with Crippen LogP contribution in [-0.4, -0.2) is 28.6 Å². The minimum Gasteiger partial charge on any atom is -0.494 e. The van der Waals surface area contributed by atoms with Crippen LogP contribution in [0.4, 0.5) is 0 Å². The van der Waals surface area contributed by atoms with Gasteiger partial charge in [-0.15, -0.1) is 0 Å². The number of ether oxygens (including phenoxy) is 1. The first-order chi connectivity index (χ1) is 11.2. The van der Waals surface area contributed by atoms with E-state index >= 15 is 0 Å². The number of unbranched alkanes of at least 4 members (excludes halogenated alkanes) is 1. The van der Waals surface area contributed by atoms with Crippen molar-refractivity contribution in [2.45, 2.75) is 26.3 Å². The SMILES string of the molecule is CCCCOc1ccc(C(=O)NCCn2cnccc2=O)cc1. The third-order valence-corrected chi connectivity index (χ3v) is 3.31. The molecule has 0 radical (unpaired) electrons. The normalized spacial score (nSPS) is 10.3. The Balaban J connectivity index is 1.81. The minimum absolute atomic E-state index is 0.136. The lowest BCUT2D eigenvalue weighted by atomic mass is 10.2. The van der Waals surface area contributed by atoms with Crippen LogP contribution in [0.2, 0.25) is 0 Å². The molecule has 6 heteroatoms. The van der Waals surface area contributed by atoms with Crippen LogP contribution in [0, 0.1) is 0 Å². The van der Waals surface area contributed by atoms with Crippen LogP contribution in [0.5, 0.6) is 5.75 Å². The van der Waals surface area contributed by atoms with Gasteiger partial charge >= 0.3 is 0 Å². The predicted molar refractivity (Wildman–Crippen MR) is 87.7 cm³/mol. The van der Waals surface area contributed by atoms with E-state index in [1.807, 2.05) is 0 Å². The van der Waals surface area contributed by atoms with Crippen LogP contribution in [0.3, 0.4) is 0 Å². The third kappa shape index (κ3) is 5.25. The highest BCUT2D eigenvalue weighted by atomic mass is 16.5. The van der Waals surface area contributed by atoms with E-state index in [0.29, 0.717) is 25.3 Å². The van der Waals surface area contributed by atoms with E-state index in [1.165, 1.54) is 23.2 Å². The molecular formula is C17H21N3O3. The molecule has 122 valence electrons. The summed E-state index contributed by atoms with van der Waals surface area (Å²) in [6.45, 7) is 3.54. The van der Waals surface area contributed by atoms with Crippen LogP contribution >= 0.6 is 0 Å². The average Bonchev–Trinajstić information content (AvgIpc) is 2.57. The molecule has 0 unspecified atom stereocenters. The second-order valence-electron chi connectivity index (χ2n) is 5.09. The van der Waals surface area contributed by atoms with Gasteiger partial charge in [-0.3, -0.25) is 14.2 Å². The second kappa shape index (κ2) is 8.73. The zero-order valence-corrected chi connectivity index (χ0v) is 13.2. The van der Waals surface area contributed by atoms with Gasteiger partial charge in [-0.2, -0.15) is 0 Å². The Labute approximate surface area is 135 Å². The fourth-order valence-corrected chi connectivity index (χ4v) is 1.98. The molecule has 0 spiro atoms. The van der Waals surface area contributed by atoms with Crippen molar-refractivity contribution in [3.63, 3.8) is 0 Å². The summed E-state index contributed by atoms with van der Waals surface area (Å²) in [7, 11) is 0. The Morgan fingerprint density at radius 3 is 2.74 bits per heavy atom. The van der Waals surface area contributed by atoms with E-state index in [9.17, 15) is 9.59 Å². The van der Waals surface area contributed by atoms with Crippen molar-refractivity contribution in [3.05, 3.63) is 58.8 Å². The molecule has 2 aromatic rings. The number of rotatable bonds is 8. The molecular weight excluding hydrogens is 294 g/mol. The highest BCUT2D eigenvalue weighted by molar-refractivity contribution is 5.94. The van der Waals surface area contributed by atoms with E-state index in [1.54, 1.807) is 24.3 Å². The fraction of sp³-hybridized carbons (Fsp3) is 0.353. The third-order valence-electron chi connectivity index (χ3n) is 3.31. The smallest absolute Gasteiger partial charge is 0.253 e. The molecule has 0 saturated carbocycles. The molecule has 1 N–H and O–H groups in total. The van der Waals surface area contributed by atoms with Gasteiger partial charge in [0.2, 0.25) is 0 Å². The van der Waals surface area contributed by atoms with E-state index < -0.39 is 0 Å². The van der Waals surface area contributed by atoms with Crippen LogP contribution < -0.4 is 15.6 Å². The van der Waals surface area contributed by atoms with Gasteiger partial charge in [-0.05, 0) is 30.7 Å². The average molecular weight is 315 g/mol. The molecule has 0 fully saturated rings. The summed E-state index contributed by atoms with van der Waals surface area (Å²) in [5.74, 6) is 0.582. The van der Waals surface area contributed by atoms with Gasteiger partial charge in [0.05, 0.1) is 12.9 Å². The zero-order valence-electron chi connectivity index (χ0n) is 13.2. The summed E-state index contributed by atoms with van der Waals surface area (Å²) in [6, 6.07) is 8.42. The Hall–Kier alpha value is -2.63. The first kappa shape index (κ1) is 16.7. The molecule has 0 aliphatic heterocycles. The highest BCUT2D eigenvalue weighted by Crippen LogP contribution is 2.12. The number of nitrogens with one attached hydrogen (secondary N) is 1. The van der Waals surface area contributed by atoms with Crippen LogP contribution in [0.25, 0.3) is 0 Å². The summed E-state index contributed by atoms with van der Waals surface area (Å²) >= 11 is 0. The maximum absolute atomic E-state index is 12.0. The maximum Gasteiger partial charge on any atom is 0.253 e. The Morgan fingerprint density at radius 1 is 1.26 bits per heavy atom. The fourth-order valence-electron chi connectivity index (χ4n) is 1.98. The Kier molecular flexibility index (Phi) is 6.35. The summed E-state index contributed by atoms with van der Waals surface area (Å²) in [5.41, 5.74) is 0.425. The van der Waals surface area contributed by atoms with Crippen molar-refractivity contribution in [3.8, 4) is 5.75 Å². The summed E-state index contributed by atoms with van der Waals surface area (Å²) < 4.78 is 7.01. The van der Waals surface area contributed by atoms with Gasteiger partial charge < -0.3 is 10.1 Å². The van der Waals surface area contributed by atoms with Crippen molar-refractivity contribution in [2.75, 3.05) is 13.2 Å². The van der Waals surface area contributed by atoms with Crippen LogP contribution in [0.1, 0.15) is 30.1 Å². The Morgan fingerprint density at radius 2 is 2.04 bits per heavy atom. The molecule has 1 amide bonds. The number of amides is 1. The number of carbonyl (C=O) groups excluding carboxylic acids is 1. The van der Waals surface area contributed by atoms with Gasteiger partial charge in [0, 0.05) is 30.9 Å². The molecule has 0 aliphatic carbocycles. The molecule has 2 rings (SSSR count).